The number of nitrogens with two attached hydrogens (primary N) is 1. The Labute approximate surface area is 129 Å². The smallest absolute Gasteiger partial charge is 0.182 e. The highest BCUT2D eigenvalue weighted by atomic mass is 35.5. The number of tetrazole rings is 1. The molecule has 6 heteroatoms. The largest absolute Gasteiger partial charge is 0.398 e. The second kappa shape index (κ2) is 6.02. The van der Waals surface area contributed by atoms with Crippen molar-refractivity contribution >= 4 is 17.3 Å². The van der Waals surface area contributed by atoms with Gasteiger partial charge in [-0.25, -0.2) is 4.68 Å². The van der Waals surface area contributed by atoms with E-state index in [1.807, 2.05) is 16.8 Å². The third-order valence-electron chi connectivity index (χ3n) is 4.49. The van der Waals surface area contributed by atoms with Crippen LogP contribution >= 0.6 is 11.6 Å². The zero-order valence-corrected chi connectivity index (χ0v) is 12.9. The van der Waals surface area contributed by atoms with Crippen molar-refractivity contribution in [3.63, 3.8) is 0 Å². The first-order valence-corrected chi connectivity index (χ1v) is 7.90. The van der Waals surface area contributed by atoms with Gasteiger partial charge in [0.25, 0.3) is 0 Å². The Morgan fingerprint density at radius 1 is 1.29 bits per heavy atom. The van der Waals surface area contributed by atoms with Crippen LogP contribution in [-0.4, -0.2) is 20.2 Å². The van der Waals surface area contributed by atoms with Gasteiger partial charge in [-0.15, -0.1) is 5.10 Å². The molecule has 0 aliphatic heterocycles. The number of aromatic nitrogens is 4. The summed E-state index contributed by atoms with van der Waals surface area (Å²) in [6, 6.07) is 5.93. The summed E-state index contributed by atoms with van der Waals surface area (Å²) in [7, 11) is 0. The first-order chi connectivity index (χ1) is 10.2. The molecule has 1 aromatic heterocycles. The highest BCUT2D eigenvalue weighted by Gasteiger charge is 2.24. The van der Waals surface area contributed by atoms with E-state index in [4.69, 9.17) is 17.3 Å². The first kappa shape index (κ1) is 14.3. The molecule has 112 valence electrons. The molecule has 0 bridgehead atoms. The van der Waals surface area contributed by atoms with E-state index < -0.39 is 0 Å². The normalized spacial score (nSPS) is 22.4. The van der Waals surface area contributed by atoms with Crippen LogP contribution in [0.5, 0.6) is 0 Å². The lowest BCUT2D eigenvalue weighted by atomic mass is 9.84. The van der Waals surface area contributed by atoms with Gasteiger partial charge in [0.2, 0.25) is 0 Å². The maximum atomic E-state index is 6.10. The third-order valence-corrected chi connectivity index (χ3v) is 4.82. The van der Waals surface area contributed by atoms with Crippen molar-refractivity contribution in [2.45, 2.75) is 45.1 Å². The van der Waals surface area contributed by atoms with E-state index in [1.54, 1.807) is 6.07 Å². The van der Waals surface area contributed by atoms with Gasteiger partial charge in [-0.05, 0) is 60.2 Å². The minimum Gasteiger partial charge on any atom is -0.398 e. The van der Waals surface area contributed by atoms with E-state index in [1.165, 1.54) is 19.3 Å². The predicted molar refractivity (Wildman–Crippen MR) is 84.0 cm³/mol. The van der Waals surface area contributed by atoms with Gasteiger partial charge >= 0.3 is 0 Å². The minimum atomic E-state index is 0.383. The summed E-state index contributed by atoms with van der Waals surface area (Å²) < 4.78 is 1.95. The maximum absolute atomic E-state index is 6.10. The highest BCUT2D eigenvalue weighted by Crippen LogP contribution is 2.35. The molecule has 5 nitrogen and oxygen atoms in total. The van der Waals surface area contributed by atoms with Gasteiger partial charge in [0, 0.05) is 5.56 Å². The number of benzene rings is 1. The number of anilines is 1. The van der Waals surface area contributed by atoms with E-state index in [0.29, 0.717) is 16.8 Å². The van der Waals surface area contributed by atoms with Gasteiger partial charge < -0.3 is 5.73 Å². The fourth-order valence-electron chi connectivity index (χ4n) is 3.09. The number of hydrogen-bond acceptors (Lipinski definition) is 4. The van der Waals surface area contributed by atoms with Gasteiger partial charge in [-0.1, -0.05) is 24.9 Å². The van der Waals surface area contributed by atoms with Crippen LogP contribution in [0.2, 0.25) is 5.02 Å². The average molecular weight is 306 g/mol. The average Bonchev–Trinajstić information content (AvgIpc) is 2.99. The van der Waals surface area contributed by atoms with Gasteiger partial charge in [-0.2, -0.15) is 0 Å². The van der Waals surface area contributed by atoms with Crippen LogP contribution in [0.25, 0.3) is 11.4 Å². The number of halogens is 1. The fraction of sp³-hybridized carbons (Fsp3) is 0.533. The summed E-state index contributed by atoms with van der Waals surface area (Å²) in [6.45, 7) is 2.27. The molecular weight excluding hydrogens is 286 g/mol. The number of hydrogen-bond donors (Lipinski definition) is 1. The molecule has 1 aliphatic carbocycles. The number of rotatable bonds is 3. The van der Waals surface area contributed by atoms with Crippen LogP contribution in [0.1, 0.15) is 45.1 Å². The van der Waals surface area contributed by atoms with E-state index in [2.05, 4.69) is 22.4 Å². The Hall–Kier alpha value is -1.62. The second-order valence-electron chi connectivity index (χ2n) is 5.77. The summed E-state index contributed by atoms with van der Waals surface area (Å²) in [5, 5.41) is 12.8. The molecule has 1 heterocycles. The third kappa shape index (κ3) is 2.88. The molecule has 0 amide bonds. The van der Waals surface area contributed by atoms with Gasteiger partial charge in [-0.3, -0.25) is 0 Å². The molecule has 0 radical (unpaired) electrons. The Morgan fingerprint density at radius 3 is 2.71 bits per heavy atom. The Kier molecular flexibility index (Phi) is 4.10. The van der Waals surface area contributed by atoms with Gasteiger partial charge in [0.1, 0.15) is 0 Å². The Balaban J connectivity index is 1.85. The molecular formula is C15H20ClN5. The fourth-order valence-corrected chi connectivity index (χ4v) is 3.27. The van der Waals surface area contributed by atoms with Crippen LogP contribution in [0.3, 0.4) is 0 Å². The first-order valence-electron chi connectivity index (χ1n) is 7.52. The Bertz CT molecular complexity index is 616. The standard InChI is InChI=1S/C15H20ClN5/c1-2-10-3-6-12(7-4-10)21-15(18-19-20-21)11-5-8-14(17)13(16)9-11/h5,8-10,12H,2-4,6-7,17H2,1H3. The SMILES string of the molecule is CCC1CCC(n2nnnc2-c2ccc(N)c(Cl)c2)CC1. The van der Waals surface area contributed by atoms with Crippen molar-refractivity contribution in [2.75, 3.05) is 5.73 Å². The quantitative estimate of drug-likeness (QED) is 0.877. The predicted octanol–water partition coefficient (Wildman–Crippen LogP) is 3.72. The summed E-state index contributed by atoms with van der Waals surface area (Å²) in [6.07, 6.45) is 6.05. The van der Waals surface area contributed by atoms with Crippen LogP contribution in [0, 0.1) is 5.92 Å². The van der Waals surface area contributed by atoms with Crippen LogP contribution < -0.4 is 5.73 Å². The number of nitrogen functional groups attached to an aromatic ring is 1. The van der Waals surface area contributed by atoms with E-state index in [0.717, 1.165) is 30.1 Å². The summed E-state index contributed by atoms with van der Waals surface area (Å²) in [5.74, 6) is 1.63. The van der Waals surface area contributed by atoms with E-state index in [-0.39, 0.29) is 0 Å². The molecule has 2 aromatic rings. The molecule has 0 unspecified atom stereocenters. The molecule has 1 aliphatic rings. The van der Waals surface area contributed by atoms with Crippen LogP contribution in [-0.2, 0) is 0 Å². The molecule has 0 atom stereocenters. The Morgan fingerprint density at radius 2 is 2.05 bits per heavy atom. The lowest BCUT2D eigenvalue weighted by Crippen LogP contribution is -2.19. The molecule has 1 saturated carbocycles. The lowest BCUT2D eigenvalue weighted by Gasteiger charge is -2.28. The number of nitrogens with zero attached hydrogens (tertiary/aromatic N) is 4. The molecule has 3 rings (SSSR count). The van der Waals surface area contributed by atoms with Crippen LogP contribution in [0.4, 0.5) is 5.69 Å². The van der Waals surface area contributed by atoms with E-state index >= 15 is 0 Å². The zero-order chi connectivity index (χ0) is 14.8. The molecule has 1 fully saturated rings. The minimum absolute atomic E-state index is 0.383. The monoisotopic (exact) mass is 305 g/mol. The molecule has 0 saturated heterocycles. The van der Waals surface area contributed by atoms with Crippen molar-refractivity contribution in [1.82, 2.24) is 20.2 Å². The van der Waals surface area contributed by atoms with Crippen molar-refractivity contribution in [2.24, 2.45) is 5.92 Å². The van der Waals surface area contributed by atoms with Crippen molar-refractivity contribution < 1.29 is 0 Å². The second-order valence-corrected chi connectivity index (χ2v) is 6.17. The van der Waals surface area contributed by atoms with E-state index in [9.17, 15) is 0 Å². The van der Waals surface area contributed by atoms with Gasteiger partial charge in [0.05, 0.1) is 16.8 Å². The molecule has 2 N–H and O–H groups in total. The molecule has 21 heavy (non-hydrogen) atoms. The lowest BCUT2D eigenvalue weighted by molar-refractivity contribution is 0.255. The van der Waals surface area contributed by atoms with Crippen molar-refractivity contribution in [1.29, 1.82) is 0 Å². The van der Waals surface area contributed by atoms with Crippen LogP contribution in [0.15, 0.2) is 18.2 Å². The van der Waals surface area contributed by atoms with Crippen molar-refractivity contribution in [3.05, 3.63) is 23.2 Å². The molecule has 1 aromatic carbocycles. The summed E-state index contributed by atoms with van der Waals surface area (Å²) in [4.78, 5) is 0. The zero-order valence-electron chi connectivity index (χ0n) is 12.2. The van der Waals surface area contributed by atoms with Crippen molar-refractivity contribution in [3.8, 4) is 11.4 Å². The molecule has 0 spiro atoms. The highest BCUT2D eigenvalue weighted by molar-refractivity contribution is 6.33. The topological polar surface area (TPSA) is 69.6 Å². The maximum Gasteiger partial charge on any atom is 0.182 e. The summed E-state index contributed by atoms with van der Waals surface area (Å²) in [5.41, 5.74) is 7.25. The summed E-state index contributed by atoms with van der Waals surface area (Å²) >= 11 is 6.10. The van der Waals surface area contributed by atoms with Gasteiger partial charge in [0.15, 0.2) is 5.82 Å².